The summed E-state index contributed by atoms with van der Waals surface area (Å²) < 4.78 is 26.6. The highest BCUT2D eigenvalue weighted by Crippen LogP contribution is 2.30. The lowest BCUT2D eigenvalue weighted by molar-refractivity contribution is -0.135. The molecule has 1 aromatic carbocycles. The van der Waals surface area contributed by atoms with E-state index in [1.165, 1.54) is 29.8 Å². The van der Waals surface area contributed by atoms with Crippen molar-refractivity contribution in [2.45, 2.75) is 50.8 Å². The number of aryl methyl sites for hydroxylation is 1. The Hall–Kier alpha value is -2.41. The van der Waals surface area contributed by atoms with E-state index in [1.807, 2.05) is 13.8 Å². The number of Topliss-reactive ketones (excluding diaryl/α,β-unsaturated/α-hetero) is 1. The van der Waals surface area contributed by atoms with E-state index in [2.05, 4.69) is 0 Å². The average molecular weight is 431 g/mol. The van der Waals surface area contributed by atoms with Crippen molar-refractivity contribution >= 4 is 21.7 Å². The fourth-order valence-electron chi connectivity index (χ4n) is 4.09. The van der Waals surface area contributed by atoms with Crippen molar-refractivity contribution in [1.29, 1.82) is 0 Å². The molecule has 1 atom stereocenters. The Labute approximate surface area is 178 Å². The zero-order valence-corrected chi connectivity index (χ0v) is 18.7. The first kappa shape index (κ1) is 22.3. The van der Waals surface area contributed by atoms with E-state index in [9.17, 15) is 18.0 Å². The molecule has 1 fully saturated rings. The van der Waals surface area contributed by atoms with E-state index in [0.29, 0.717) is 5.92 Å². The van der Waals surface area contributed by atoms with Crippen LogP contribution < -0.4 is 0 Å². The minimum Gasteiger partial charge on any atom is -0.338 e. The van der Waals surface area contributed by atoms with E-state index in [1.54, 1.807) is 31.3 Å². The average Bonchev–Trinajstić information content (AvgIpc) is 3.25. The summed E-state index contributed by atoms with van der Waals surface area (Å²) in [5.41, 5.74) is 1.24. The number of benzene rings is 1. The Kier molecular flexibility index (Phi) is 6.81. The van der Waals surface area contributed by atoms with Crippen LogP contribution in [0.5, 0.6) is 0 Å². The number of carbonyl (C=O) groups excluding carboxylic acids is 2. The van der Waals surface area contributed by atoms with E-state index in [4.69, 9.17) is 0 Å². The molecule has 1 saturated carbocycles. The Bertz CT molecular complexity index is 1000. The Morgan fingerprint density at radius 3 is 2.37 bits per heavy atom. The van der Waals surface area contributed by atoms with Gasteiger partial charge in [-0.15, -0.1) is 0 Å². The molecule has 1 amide bonds. The second-order valence-corrected chi connectivity index (χ2v) is 10.2. The number of nitrogens with zero attached hydrogens (tertiary/aromatic N) is 2. The molecular weight excluding hydrogens is 400 g/mol. The third kappa shape index (κ3) is 4.83. The molecule has 0 radical (unpaired) electrons. The van der Waals surface area contributed by atoms with Gasteiger partial charge in [-0.1, -0.05) is 43.9 Å². The summed E-state index contributed by atoms with van der Waals surface area (Å²) in [5, 5.41) is 0. The first-order valence-electron chi connectivity index (χ1n) is 10.5. The van der Waals surface area contributed by atoms with Crippen LogP contribution in [-0.4, -0.2) is 42.6 Å². The van der Waals surface area contributed by atoms with Crippen molar-refractivity contribution in [3.05, 3.63) is 53.9 Å². The molecule has 1 aliphatic carbocycles. The second-order valence-electron chi connectivity index (χ2n) is 8.35. The number of aromatic nitrogens is 1. The molecule has 30 heavy (non-hydrogen) atoms. The predicted octanol–water partition coefficient (Wildman–Crippen LogP) is 3.89. The first-order valence-corrected chi connectivity index (χ1v) is 11.9. The van der Waals surface area contributed by atoms with Crippen LogP contribution >= 0.6 is 0 Å². The van der Waals surface area contributed by atoms with E-state index < -0.39 is 10.0 Å². The molecule has 162 valence electrons. The molecule has 7 heteroatoms. The normalized spacial score (nSPS) is 16.2. The fraction of sp³-hybridized carbons (Fsp3) is 0.478. The van der Waals surface area contributed by atoms with Gasteiger partial charge in [0.1, 0.15) is 0 Å². The zero-order valence-electron chi connectivity index (χ0n) is 17.9. The molecule has 1 unspecified atom stereocenters. The maximum absolute atomic E-state index is 12.8. The van der Waals surface area contributed by atoms with Gasteiger partial charge in [-0.25, -0.2) is 12.4 Å². The summed E-state index contributed by atoms with van der Waals surface area (Å²) >= 11 is 0. The molecule has 0 spiro atoms. The van der Waals surface area contributed by atoms with E-state index >= 15 is 0 Å². The summed E-state index contributed by atoms with van der Waals surface area (Å²) in [5.74, 6) is -0.0272. The minimum absolute atomic E-state index is 0.0260. The highest BCUT2D eigenvalue weighted by Gasteiger charge is 2.28. The topological polar surface area (TPSA) is 76.5 Å². The molecule has 0 N–H and O–H groups in total. The number of amides is 1. The SMILES string of the molecule is Cc1ccc(S(=O)(=O)n2ccc(C(=O)CN(C)C(=O)C(C)C3CCCCC3)c2)cc1. The predicted molar refractivity (Wildman–Crippen MR) is 116 cm³/mol. The lowest BCUT2D eigenvalue weighted by Crippen LogP contribution is -2.38. The van der Waals surface area contributed by atoms with Crippen molar-refractivity contribution in [3.8, 4) is 0 Å². The lowest BCUT2D eigenvalue weighted by Gasteiger charge is -2.29. The molecule has 1 aromatic heterocycles. The molecule has 1 heterocycles. The number of hydrogen-bond donors (Lipinski definition) is 0. The van der Waals surface area contributed by atoms with Crippen LogP contribution in [0, 0.1) is 18.8 Å². The van der Waals surface area contributed by atoms with Crippen LogP contribution in [-0.2, 0) is 14.8 Å². The lowest BCUT2D eigenvalue weighted by atomic mass is 9.80. The van der Waals surface area contributed by atoms with Crippen molar-refractivity contribution in [1.82, 2.24) is 8.87 Å². The Morgan fingerprint density at radius 1 is 1.10 bits per heavy atom. The fourth-order valence-corrected chi connectivity index (χ4v) is 5.29. The highest BCUT2D eigenvalue weighted by molar-refractivity contribution is 7.90. The summed E-state index contributed by atoms with van der Waals surface area (Å²) in [6.07, 6.45) is 8.37. The second kappa shape index (κ2) is 9.16. The van der Waals surface area contributed by atoms with Crippen LogP contribution in [0.25, 0.3) is 0 Å². The van der Waals surface area contributed by atoms with Crippen LogP contribution in [0.2, 0.25) is 0 Å². The molecule has 3 rings (SSSR count). The molecule has 2 aromatic rings. The number of hydrogen-bond acceptors (Lipinski definition) is 4. The number of carbonyl (C=O) groups is 2. The van der Waals surface area contributed by atoms with Gasteiger partial charge in [-0.2, -0.15) is 0 Å². The zero-order chi connectivity index (χ0) is 21.9. The summed E-state index contributed by atoms with van der Waals surface area (Å²) in [4.78, 5) is 27.1. The van der Waals surface area contributed by atoms with Gasteiger partial charge >= 0.3 is 0 Å². The third-order valence-electron chi connectivity index (χ3n) is 6.09. The summed E-state index contributed by atoms with van der Waals surface area (Å²) in [6.45, 7) is 3.77. The molecule has 0 aliphatic heterocycles. The van der Waals surface area contributed by atoms with Crippen molar-refractivity contribution in [2.75, 3.05) is 13.6 Å². The molecule has 6 nitrogen and oxygen atoms in total. The standard InChI is InChI=1S/C23H30N2O4S/c1-17-9-11-21(12-10-17)30(28,29)25-14-13-20(15-25)22(26)16-24(3)23(27)18(2)19-7-5-4-6-8-19/h9-15,18-19H,4-8,16H2,1-3H3. The molecule has 0 bridgehead atoms. The Balaban J connectivity index is 1.67. The first-order chi connectivity index (χ1) is 14.2. The molecule has 0 saturated heterocycles. The van der Waals surface area contributed by atoms with Crippen molar-refractivity contribution in [2.24, 2.45) is 11.8 Å². The van der Waals surface area contributed by atoms with Gasteiger partial charge in [0.25, 0.3) is 10.0 Å². The van der Waals surface area contributed by atoms with E-state index in [-0.39, 0.29) is 34.6 Å². The summed E-state index contributed by atoms with van der Waals surface area (Å²) in [6, 6.07) is 8.04. The van der Waals surface area contributed by atoms with Crippen molar-refractivity contribution in [3.63, 3.8) is 0 Å². The maximum Gasteiger partial charge on any atom is 0.267 e. The van der Waals surface area contributed by atoms with Gasteiger partial charge in [0.2, 0.25) is 5.91 Å². The van der Waals surface area contributed by atoms with Crippen LogP contribution in [0.1, 0.15) is 54.9 Å². The highest BCUT2D eigenvalue weighted by atomic mass is 32.2. The quantitative estimate of drug-likeness (QED) is 0.625. The Morgan fingerprint density at radius 2 is 1.73 bits per heavy atom. The number of likely N-dealkylation sites (N-methyl/N-ethyl adjacent to an activating group) is 1. The van der Waals surface area contributed by atoms with Crippen molar-refractivity contribution < 1.29 is 18.0 Å². The van der Waals surface area contributed by atoms with Crippen LogP contribution in [0.15, 0.2) is 47.6 Å². The van der Waals surface area contributed by atoms with Gasteiger partial charge in [-0.05, 0) is 43.9 Å². The van der Waals surface area contributed by atoms with Gasteiger partial charge in [0.05, 0.1) is 11.4 Å². The molecule has 1 aliphatic rings. The number of rotatable bonds is 7. The molecular formula is C23H30N2O4S. The monoisotopic (exact) mass is 430 g/mol. The van der Waals surface area contributed by atoms with E-state index in [0.717, 1.165) is 35.2 Å². The van der Waals surface area contributed by atoms with Gasteiger partial charge in [0.15, 0.2) is 5.78 Å². The largest absolute Gasteiger partial charge is 0.338 e. The van der Waals surface area contributed by atoms with Gasteiger partial charge in [-0.3, -0.25) is 9.59 Å². The maximum atomic E-state index is 12.8. The minimum atomic E-state index is -3.76. The van der Waals surface area contributed by atoms with Gasteiger partial charge < -0.3 is 4.90 Å². The van der Waals surface area contributed by atoms with Crippen LogP contribution in [0.3, 0.4) is 0 Å². The summed E-state index contributed by atoms with van der Waals surface area (Å²) in [7, 11) is -2.12. The van der Waals surface area contributed by atoms with Crippen LogP contribution in [0.4, 0.5) is 0 Å². The third-order valence-corrected chi connectivity index (χ3v) is 7.74. The smallest absolute Gasteiger partial charge is 0.267 e. The number of ketones is 1. The van der Waals surface area contributed by atoms with Gasteiger partial charge in [0, 0.05) is 30.9 Å².